The maximum Gasteiger partial charge on any atom is 0.471 e. The van der Waals surface area contributed by atoms with E-state index in [1.807, 2.05) is 0 Å². The summed E-state index contributed by atoms with van der Waals surface area (Å²) in [5, 5.41) is 0. The zero-order valence-electron chi connectivity index (χ0n) is 7.58. The van der Waals surface area contributed by atoms with E-state index in [4.69, 9.17) is 10.5 Å². The van der Waals surface area contributed by atoms with E-state index >= 15 is 0 Å². The van der Waals surface area contributed by atoms with Gasteiger partial charge in [0, 0.05) is 13.1 Å². The van der Waals surface area contributed by atoms with Gasteiger partial charge in [0.15, 0.2) is 0 Å². The second kappa shape index (κ2) is 4.05. The van der Waals surface area contributed by atoms with Crippen molar-refractivity contribution in [2.24, 2.45) is 5.73 Å². The summed E-state index contributed by atoms with van der Waals surface area (Å²) >= 11 is 0. The van der Waals surface area contributed by atoms with Crippen molar-refractivity contribution in [1.29, 1.82) is 0 Å². The van der Waals surface area contributed by atoms with E-state index < -0.39 is 24.1 Å². The van der Waals surface area contributed by atoms with Crippen LogP contribution in [-0.2, 0) is 14.3 Å². The number of halogens is 3. The Morgan fingerprint density at radius 1 is 1.40 bits per heavy atom. The van der Waals surface area contributed by atoms with Crippen LogP contribution in [0.2, 0.25) is 0 Å². The topological polar surface area (TPSA) is 72.6 Å². The van der Waals surface area contributed by atoms with Crippen molar-refractivity contribution in [2.75, 3.05) is 19.7 Å². The molecule has 1 fully saturated rings. The molecule has 0 radical (unpaired) electrons. The summed E-state index contributed by atoms with van der Waals surface area (Å²) in [6.07, 6.45) is -5.39. The van der Waals surface area contributed by atoms with Crippen molar-refractivity contribution in [3.05, 3.63) is 0 Å². The number of likely N-dealkylation sites (tertiary alicyclic amines) is 1. The smallest absolute Gasteiger partial charge is 0.368 e. The Balaban J connectivity index is 2.26. The lowest BCUT2D eigenvalue weighted by Crippen LogP contribution is -2.58. The predicted octanol–water partition coefficient (Wildman–Crippen LogP) is -0.739. The largest absolute Gasteiger partial charge is 0.471 e. The van der Waals surface area contributed by atoms with Crippen LogP contribution < -0.4 is 5.73 Å². The highest BCUT2D eigenvalue weighted by Gasteiger charge is 2.46. The number of hydrogen-bond donors (Lipinski definition) is 1. The fourth-order valence-electron chi connectivity index (χ4n) is 1.09. The number of carbonyl (C=O) groups excluding carboxylic acids is 2. The van der Waals surface area contributed by atoms with Gasteiger partial charge in [-0.15, -0.1) is 0 Å². The van der Waals surface area contributed by atoms with Crippen molar-refractivity contribution in [1.82, 2.24) is 4.90 Å². The van der Waals surface area contributed by atoms with Crippen molar-refractivity contribution in [3.8, 4) is 0 Å². The molecule has 1 aliphatic heterocycles. The molecule has 0 unspecified atom stereocenters. The van der Waals surface area contributed by atoms with Crippen LogP contribution in [-0.4, -0.2) is 48.7 Å². The van der Waals surface area contributed by atoms with Gasteiger partial charge in [-0.25, -0.2) is 0 Å². The Morgan fingerprint density at radius 3 is 2.33 bits per heavy atom. The summed E-state index contributed by atoms with van der Waals surface area (Å²) in [5.74, 6) is -2.59. The highest BCUT2D eigenvalue weighted by Crippen LogP contribution is 2.22. The second-order valence-corrected chi connectivity index (χ2v) is 3.11. The molecule has 2 N–H and O–H groups in total. The van der Waals surface area contributed by atoms with Gasteiger partial charge in [-0.05, 0) is 0 Å². The second-order valence-electron chi connectivity index (χ2n) is 3.11. The quantitative estimate of drug-likeness (QED) is 0.689. The molecule has 1 aliphatic rings. The lowest BCUT2D eigenvalue weighted by atomic mass is 10.1. The van der Waals surface area contributed by atoms with Gasteiger partial charge in [-0.1, -0.05) is 0 Å². The molecule has 0 aromatic rings. The Hall–Kier alpha value is -1.31. The first-order valence-electron chi connectivity index (χ1n) is 4.06. The van der Waals surface area contributed by atoms with Crippen LogP contribution in [0.4, 0.5) is 13.2 Å². The van der Waals surface area contributed by atoms with Gasteiger partial charge < -0.3 is 15.4 Å². The van der Waals surface area contributed by atoms with Gasteiger partial charge >= 0.3 is 12.1 Å². The zero-order valence-corrected chi connectivity index (χ0v) is 7.58. The minimum absolute atomic E-state index is 0.161. The van der Waals surface area contributed by atoms with Gasteiger partial charge in [-0.3, -0.25) is 9.59 Å². The maximum atomic E-state index is 11.9. The van der Waals surface area contributed by atoms with Crippen LogP contribution in [0.3, 0.4) is 0 Å². The van der Waals surface area contributed by atoms with Crippen LogP contribution in [0.5, 0.6) is 0 Å². The van der Waals surface area contributed by atoms with Crippen molar-refractivity contribution in [2.45, 2.75) is 12.3 Å². The Kier molecular flexibility index (Phi) is 3.18. The number of alkyl halides is 3. The molecule has 0 spiro atoms. The fraction of sp³-hybridized carbons (Fsp3) is 0.714. The summed E-state index contributed by atoms with van der Waals surface area (Å²) < 4.78 is 40.4. The summed E-state index contributed by atoms with van der Waals surface area (Å²) in [6.45, 7) is -0.671. The first-order chi connectivity index (χ1) is 6.80. The average Bonchev–Trinajstić information content (AvgIpc) is 1.98. The van der Waals surface area contributed by atoms with Crippen LogP contribution in [0.25, 0.3) is 0 Å². The molecular formula is C7H9F3N2O3. The SMILES string of the molecule is NC(=O)COC1CN(C(=O)C(F)(F)F)C1. The average molecular weight is 226 g/mol. The summed E-state index contributed by atoms with van der Waals surface area (Å²) in [5.41, 5.74) is 4.76. The molecule has 0 aromatic heterocycles. The summed E-state index contributed by atoms with van der Waals surface area (Å²) in [7, 11) is 0. The fourth-order valence-corrected chi connectivity index (χ4v) is 1.09. The number of amides is 2. The van der Waals surface area contributed by atoms with Crippen LogP contribution in [0, 0.1) is 0 Å². The van der Waals surface area contributed by atoms with Gasteiger partial charge in [0.2, 0.25) is 5.91 Å². The van der Waals surface area contributed by atoms with Gasteiger partial charge in [0.05, 0.1) is 6.10 Å². The Labute approximate surface area is 83.0 Å². The molecule has 5 nitrogen and oxygen atoms in total. The first kappa shape index (κ1) is 11.8. The maximum absolute atomic E-state index is 11.9. The van der Waals surface area contributed by atoms with E-state index in [1.165, 1.54) is 0 Å². The van der Waals surface area contributed by atoms with Crippen molar-refractivity contribution >= 4 is 11.8 Å². The molecule has 86 valence electrons. The van der Waals surface area contributed by atoms with E-state index in [2.05, 4.69) is 0 Å². The van der Waals surface area contributed by atoms with Crippen LogP contribution in [0.1, 0.15) is 0 Å². The molecule has 2 amide bonds. The highest BCUT2D eigenvalue weighted by atomic mass is 19.4. The Morgan fingerprint density at radius 2 is 1.93 bits per heavy atom. The molecule has 8 heteroatoms. The predicted molar refractivity (Wildman–Crippen MR) is 41.6 cm³/mol. The van der Waals surface area contributed by atoms with Gasteiger partial charge in [-0.2, -0.15) is 13.2 Å². The number of nitrogens with two attached hydrogens (primary N) is 1. The molecule has 0 saturated carbocycles. The third-order valence-corrected chi connectivity index (χ3v) is 1.84. The monoisotopic (exact) mass is 226 g/mol. The van der Waals surface area contributed by atoms with Crippen molar-refractivity contribution in [3.63, 3.8) is 0 Å². The molecule has 0 atom stereocenters. The number of rotatable bonds is 3. The third-order valence-electron chi connectivity index (χ3n) is 1.84. The van der Waals surface area contributed by atoms with E-state index in [-0.39, 0.29) is 19.7 Å². The highest BCUT2D eigenvalue weighted by molar-refractivity contribution is 5.82. The Bertz CT molecular complexity index is 273. The van der Waals surface area contributed by atoms with Gasteiger partial charge in [0.25, 0.3) is 0 Å². The molecule has 1 saturated heterocycles. The molecule has 0 bridgehead atoms. The number of primary amides is 1. The molecule has 1 heterocycles. The number of ether oxygens (including phenoxy) is 1. The zero-order chi connectivity index (χ0) is 11.6. The lowest BCUT2D eigenvalue weighted by Gasteiger charge is -2.38. The number of carbonyl (C=O) groups is 2. The lowest BCUT2D eigenvalue weighted by molar-refractivity contribution is -0.196. The molecule has 0 aliphatic carbocycles. The van der Waals surface area contributed by atoms with E-state index in [9.17, 15) is 22.8 Å². The van der Waals surface area contributed by atoms with Gasteiger partial charge in [0.1, 0.15) is 6.61 Å². The van der Waals surface area contributed by atoms with E-state index in [0.717, 1.165) is 0 Å². The summed E-state index contributed by atoms with van der Waals surface area (Å²) in [6, 6.07) is 0. The minimum Gasteiger partial charge on any atom is -0.368 e. The normalized spacial score (nSPS) is 17.4. The number of nitrogens with zero attached hydrogens (tertiary/aromatic N) is 1. The summed E-state index contributed by atoms with van der Waals surface area (Å²) in [4.78, 5) is 21.4. The van der Waals surface area contributed by atoms with E-state index in [1.54, 1.807) is 0 Å². The van der Waals surface area contributed by atoms with Crippen molar-refractivity contribution < 1.29 is 27.5 Å². The minimum atomic E-state index is -4.85. The van der Waals surface area contributed by atoms with E-state index in [0.29, 0.717) is 4.90 Å². The molecular weight excluding hydrogens is 217 g/mol. The molecule has 15 heavy (non-hydrogen) atoms. The molecule has 1 rings (SSSR count). The van der Waals surface area contributed by atoms with Crippen LogP contribution in [0.15, 0.2) is 0 Å². The standard InChI is InChI=1S/C7H9F3N2O3/c8-7(9,10)6(14)12-1-4(2-12)15-3-5(11)13/h4H,1-3H2,(H2,11,13). The molecule has 0 aromatic carbocycles. The van der Waals surface area contributed by atoms with Crippen LogP contribution >= 0.6 is 0 Å². The first-order valence-corrected chi connectivity index (χ1v) is 4.06. The third kappa shape index (κ3) is 3.08. The number of hydrogen-bond acceptors (Lipinski definition) is 3.